The number of aliphatic hydroxyl groups excluding tert-OH is 5. The normalized spacial score (nSPS) is 29.7. The summed E-state index contributed by atoms with van der Waals surface area (Å²) in [4.78, 5) is 0. The van der Waals surface area contributed by atoms with E-state index in [0.717, 1.165) is 0 Å². The smallest absolute Gasteiger partial charge is 0.229 e. The maximum atomic E-state index is 10.1. The van der Waals surface area contributed by atoms with Crippen molar-refractivity contribution >= 4 is 0 Å². The van der Waals surface area contributed by atoms with Gasteiger partial charge in [-0.15, -0.1) is 6.58 Å². The summed E-state index contributed by atoms with van der Waals surface area (Å²) in [5.41, 5.74) is 0.440. The molecule has 2 rings (SSSR count). The highest BCUT2D eigenvalue weighted by atomic mass is 16.7. The molecule has 0 amide bonds. The molecule has 0 saturated carbocycles. The highest BCUT2D eigenvalue weighted by molar-refractivity contribution is 5.54. The second-order valence-corrected chi connectivity index (χ2v) is 5.75. The fourth-order valence-corrected chi connectivity index (χ4v) is 2.60. The van der Waals surface area contributed by atoms with Gasteiger partial charge in [0.1, 0.15) is 24.4 Å². The van der Waals surface area contributed by atoms with Crippen molar-refractivity contribution in [3.63, 3.8) is 0 Å². The number of methoxy groups -OCH3 is 2. The van der Waals surface area contributed by atoms with Crippen molar-refractivity contribution in [3.05, 3.63) is 30.4 Å². The van der Waals surface area contributed by atoms with Crippen LogP contribution in [0.25, 0.3) is 0 Å². The van der Waals surface area contributed by atoms with Crippen molar-refractivity contribution in [2.45, 2.75) is 36.8 Å². The molecule has 0 radical (unpaired) electrons. The van der Waals surface area contributed by atoms with Gasteiger partial charge in [-0.05, 0) is 17.7 Å². The number of benzene rings is 1. The fraction of sp³-hybridized carbons (Fsp3) is 0.529. The van der Waals surface area contributed by atoms with Gasteiger partial charge in [-0.25, -0.2) is 0 Å². The van der Waals surface area contributed by atoms with Gasteiger partial charge in [0, 0.05) is 0 Å². The summed E-state index contributed by atoms with van der Waals surface area (Å²) in [7, 11) is 2.75. The molecule has 26 heavy (non-hydrogen) atoms. The van der Waals surface area contributed by atoms with E-state index in [4.69, 9.17) is 18.9 Å². The summed E-state index contributed by atoms with van der Waals surface area (Å²) in [6.45, 7) is 2.94. The van der Waals surface area contributed by atoms with Crippen molar-refractivity contribution in [2.75, 3.05) is 20.8 Å². The minimum Gasteiger partial charge on any atom is -0.493 e. The largest absolute Gasteiger partial charge is 0.493 e. The quantitative estimate of drug-likeness (QED) is 0.386. The van der Waals surface area contributed by atoms with Gasteiger partial charge in [-0.2, -0.15) is 0 Å². The van der Waals surface area contributed by atoms with Crippen LogP contribution in [0.4, 0.5) is 0 Å². The van der Waals surface area contributed by atoms with Gasteiger partial charge in [0.2, 0.25) is 12.0 Å². The SMILES string of the molecule is C=CC(O)c1cc(OC)c(O[C@@H]2O[C@H](CO)[C@@H](O)[C@H](O)[C@H]2O)c(OC)c1. The molecule has 1 aromatic rings. The van der Waals surface area contributed by atoms with Crippen molar-refractivity contribution in [1.29, 1.82) is 0 Å². The molecule has 0 aromatic heterocycles. The lowest BCUT2D eigenvalue weighted by atomic mass is 9.99. The molecule has 1 aliphatic heterocycles. The van der Waals surface area contributed by atoms with Crippen molar-refractivity contribution in [3.8, 4) is 17.2 Å². The Labute approximate surface area is 150 Å². The number of aliphatic hydroxyl groups is 5. The predicted molar refractivity (Wildman–Crippen MR) is 89.1 cm³/mol. The molecule has 1 heterocycles. The maximum Gasteiger partial charge on any atom is 0.229 e. The molecule has 0 bridgehead atoms. The Morgan fingerprint density at radius 2 is 1.69 bits per heavy atom. The summed E-state index contributed by atoms with van der Waals surface area (Å²) in [6, 6.07) is 2.99. The first kappa shape index (κ1) is 20.4. The zero-order valence-corrected chi connectivity index (χ0v) is 14.5. The molecule has 1 aromatic carbocycles. The third kappa shape index (κ3) is 3.93. The predicted octanol–water partition coefficient (Wildman–Crippen LogP) is -0.898. The molecule has 9 nitrogen and oxygen atoms in total. The molecule has 146 valence electrons. The third-order valence-electron chi connectivity index (χ3n) is 4.13. The van der Waals surface area contributed by atoms with Crippen LogP contribution in [0.3, 0.4) is 0 Å². The second kappa shape index (κ2) is 8.67. The van der Waals surface area contributed by atoms with E-state index in [2.05, 4.69) is 6.58 Å². The molecule has 0 aliphatic carbocycles. The number of rotatable bonds is 7. The number of hydrogen-bond donors (Lipinski definition) is 5. The summed E-state index contributed by atoms with van der Waals surface area (Å²) in [5, 5.41) is 49.0. The Morgan fingerprint density at radius 1 is 1.12 bits per heavy atom. The highest BCUT2D eigenvalue weighted by Gasteiger charge is 2.45. The first-order valence-corrected chi connectivity index (χ1v) is 7.91. The standard InChI is InChI=1S/C17H24O9/c1-4-9(19)8-5-10(23-2)16(11(6-8)24-3)26-17-15(22)14(21)13(20)12(7-18)25-17/h4-6,9,12-15,17-22H,1,7H2,2-3H3/t9?,12-,13-,14+,15-,17+/m1/s1. The van der Waals surface area contributed by atoms with Gasteiger partial charge in [0.05, 0.1) is 26.9 Å². The van der Waals surface area contributed by atoms with E-state index in [-0.39, 0.29) is 17.2 Å². The van der Waals surface area contributed by atoms with Crippen LogP contribution < -0.4 is 14.2 Å². The van der Waals surface area contributed by atoms with Crippen LogP contribution in [0.15, 0.2) is 24.8 Å². The monoisotopic (exact) mass is 372 g/mol. The van der Waals surface area contributed by atoms with Crippen LogP contribution in [0.2, 0.25) is 0 Å². The molecular weight excluding hydrogens is 348 g/mol. The van der Waals surface area contributed by atoms with Crippen LogP contribution in [0.5, 0.6) is 17.2 Å². The average molecular weight is 372 g/mol. The van der Waals surface area contributed by atoms with Crippen LogP contribution in [0, 0.1) is 0 Å². The van der Waals surface area contributed by atoms with Crippen molar-refractivity contribution in [2.24, 2.45) is 0 Å². The molecular formula is C17H24O9. The fourth-order valence-electron chi connectivity index (χ4n) is 2.60. The Hall–Kier alpha value is -1.88. The molecule has 6 atom stereocenters. The number of ether oxygens (including phenoxy) is 4. The molecule has 0 spiro atoms. The zero-order chi connectivity index (χ0) is 19.4. The number of hydrogen-bond acceptors (Lipinski definition) is 9. The lowest BCUT2D eigenvalue weighted by Crippen LogP contribution is -2.60. The van der Waals surface area contributed by atoms with E-state index in [1.807, 2.05) is 0 Å². The van der Waals surface area contributed by atoms with Gasteiger partial charge in [0.15, 0.2) is 11.5 Å². The minimum absolute atomic E-state index is 0.0549. The Balaban J connectivity index is 2.37. The lowest BCUT2D eigenvalue weighted by Gasteiger charge is -2.39. The molecule has 9 heteroatoms. The molecule has 1 saturated heterocycles. The van der Waals surface area contributed by atoms with Gasteiger partial charge < -0.3 is 44.5 Å². The van der Waals surface area contributed by atoms with Crippen LogP contribution in [-0.2, 0) is 4.74 Å². The molecule has 1 unspecified atom stereocenters. The molecule has 1 aliphatic rings. The van der Waals surface area contributed by atoms with Gasteiger partial charge in [-0.1, -0.05) is 6.08 Å². The Bertz CT molecular complexity index is 593. The molecule has 1 fully saturated rings. The van der Waals surface area contributed by atoms with E-state index in [1.165, 1.54) is 32.4 Å². The summed E-state index contributed by atoms with van der Waals surface area (Å²) in [5.74, 6) is 0.411. The van der Waals surface area contributed by atoms with Crippen LogP contribution >= 0.6 is 0 Å². The maximum absolute atomic E-state index is 10.1. The second-order valence-electron chi connectivity index (χ2n) is 5.75. The first-order valence-electron chi connectivity index (χ1n) is 7.91. The van der Waals surface area contributed by atoms with E-state index >= 15 is 0 Å². The first-order chi connectivity index (χ1) is 12.4. The van der Waals surface area contributed by atoms with E-state index in [0.29, 0.717) is 5.56 Å². The summed E-state index contributed by atoms with van der Waals surface area (Å²) in [6.07, 6.45) is -6.80. The van der Waals surface area contributed by atoms with E-state index in [9.17, 15) is 25.5 Å². The third-order valence-corrected chi connectivity index (χ3v) is 4.13. The zero-order valence-electron chi connectivity index (χ0n) is 14.5. The van der Waals surface area contributed by atoms with Crippen LogP contribution in [0.1, 0.15) is 11.7 Å². The van der Waals surface area contributed by atoms with Gasteiger partial charge in [-0.3, -0.25) is 0 Å². The Morgan fingerprint density at radius 3 is 2.15 bits per heavy atom. The van der Waals surface area contributed by atoms with Crippen molar-refractivity contribution < 1.29 is 44.5 Å². The minimum atomic E-state index is -1.58. The Kier molecular flexibility index (Phi) is 6.81. The van der Waals surface area contributed by atoms with E-state index < -0.39 is 43.4 Å². The lowest BCUT2D eigenvalue weighted by molar-refractivity contribution is -0.277. The van der Waals surface area contributed by atoms with Gasteiger partial charge in [0.25, 0.3) is 0 Å². The average Bonchev–Trinajstić information content (AvgIpc) is 2.67. The highest BCUT2D eigenvalue weighted by Crippen LogP contribution is 2.41. The van der Waals surface area contributed by atoms with Crippen molar-refractivity contribution in [1.82, 2.24) is 0 Å². The summed E-state index contributed by atoms with van der Waals surface area (Å²) >= 11 is 0. The molecule has 5 N–H and O–H groups in total. The van der Waals surface area contributed by atoms with E-state index in [1.54, 1.807) is 0 Å². The summed E-state index contributed by atoms with van der Waals surface area (Å²) < 4.78 is 21.4. The van der Waals surface area contributed by atoms with Gasteiger partial charge >= 0.3 is 0 Å². The topological polar surface area (TPSA) is 138 Å². The van der Waals surface area contributed by atoms with Crippen LogP contribution in [-0.4, -0.2) is 77.1 Å².